The Morgan fingerprint density at radius 2 is 2.06 bits per heavy atom. The number of ether oxygens (including phenoxy) is 1. The molecular formula is C14H23NO3. The SMILES string of the molecule is CC(C)(C)OC(=O)NCCC(=O)C1=CCCCC1. The molecule has 1 N–H and O–H groups in total. The number of hydrogen-bond donors (Lipinski definition) is 1. The van der Waals surface area contributed by atoms with Gasteiger partial charge in [-0.15, -0.1) is 0 Å². The van der Waals surface area contributed by atoms with Crippen LogP contribution in [-0.4, -0.2) is 24.0 Å². The molecule has 1 rings (SSSR count). The van der Waals surface area contributed by atoms with Crippen molar-refractivity contribution in [2.75, 3.05) is 6.54 Å². The number of Topliss-reactive ketones (excluding diaryl/α,β-unsaturated/α-hetero) is 1. The maximum absolute atomic E-state index is 11.8. The van der Waals surface area contributed by atoms with E-state index in [1.54, 1.807) is 0 Å². The molecule has 1 aliphatic rings. The zero-order valence-corrected chi connectivity index (χ0v) is 11.5. The molecule has 0 fully saturated rings. The summed E-state index contributed by atoms with van der Waals surface area (Å²) in [4.78, 5) is 23.2. The molecule has 0 aliphatic heterocycles. The van der Waals surface area contributed by atoms with Crippen molar-refractivity contribution in [3.63, 3.8) is 0 Å². The van der Waals surface area contributed by atoms with Crippen LogP contribution in [-0.2, 0) is 9.53 Å². The molecule has 0 spiro atoms. The van der Waals surface area contributed by atoms with Crippen LogP contribution in [0.5, 0.6) is 0 Å². The minimum atomic E-state index is -0.500. The predicted molar refractivity (Wildman–Crippen MR) is 70.4 cm³/mol. The molecule has 0 aromatic heterocycles. The Hall–Kier alpha value is -1.32. The monoisotopic (exact) mass is 253 g/mol. The van der Waals surface area contributed by atoms with Crippen LogP contribution in [0.1, 0.15) is 52.9 Å². The van der Waals surface area contributed by atoms with Gasteiger partial charge in [-0.2, -0.15) is 0 Å². The lowest BCUT2D eigenvalue weighted by Crippen LogP contribution is -2.33. The molecule has 4 heteroatoms. The van der Waals surface area contributed by atoms with Crippen LogP contribution >= 0.6 is 0 Å². The Balaban J connectivity index is 2.23. The first-order valence-electron chi connectivity index (χ1n) is 6.57. The summed E-state index contributed by atoms with van der Waals surface area (Å²) < 4.78 is 5.09. The first-order chi connectivity index (χ1) is 8.38. The van der Waals surface area contributed by atoms with Gasteiger partial charge in [-0.05, 0) is 52.0 Å². The topological polar surface area (TPSA) is 55.4 Å². The first-order valence-corrected chi connectivity index (χ1v) is 6.57. The minimum absolute atomic E-state index is 0.144. The van der Waals surface area contributed by atoms with Gasteiger partial charge in [0.25, 0.3) is 0 Å². The molecule has 4 nitrogen and oxygen atoms in total. The second kappa shape index (κ2) is 6.57. The highest BCUT2D eigenvalue weighted by Gasteiger charge is 2.16. The summed E-state index contributed by atoms with van der Waals surface area (Å²) in [5.41, 5.74) is 0.423. The van der Waals surface area contributed by atoms with Crippen molar-refractivity contribution in [2.45, 2.75) is 58.5 Å². The van der Waals surface area contributed by atoms with Gasteiger partial charge >= 0.3 is 6.09 Å². The molecule has 0 unspecified atom stereocenters. The highest BCUT2D eigenvalue weighted by molar-refractivity contribution is 5.95. The third-order valence-electron chi connectivity index (χ3n) is 2.67. The van der Waals surface area contributed by atoms with E-state index in [-0.39, 0.29) is 5.78 Å². The number of nitrogens with one attached hydrogen (secondary N) is 1. The normalized spacial score (nSPS) is 15.8. The van der Waals surface area contributed by atoms with E-state index in [0.717, 1.165) is 24.8 Å². The molecule has 0 radical (unpaired) electrons. The molecule has 0 aromatic rings. The van der Waals surface area contributed by atoms with Crippen molar-refractivity contribution in [3.8, 4) is 0 Å². The highest BCUT2D eigenvalue weighted by Crippen LogP contribution is 2.18. The Kier molecular flexibility index (Phi) is 5.38. The number of ketones is 1. The van der Waals surface area contributed by atoms with Crippen LogP contribution < -0.4 is 5.32 Å². The number of carbonyl (C=O) groups is 2. The lowest BCUT2D eigenvalue weighted by Gasteiger charge is -2.19. The minimum Gasteiger partial charge on any atom is -0.444 e. The number of allylic oxidation sites excluding steroid dienone is 2. The van der Waals surface area contributed by atoms with Crippen molar-refractivity contribution in [1.82, 2.24) is 5.32 Å². The molecule has 0 saturated carbocycles. The highest BCUT2D eigenvalue weighted by atomic mass is 16.6. The Morgan fingerprint density at radius 3 is 2.61 bits per heavy atom. The molecular weight excluding hydrogens is 230 g/mol. The van der Waals surface area contributed by atoms with Crippen LogP contribution in [0.15, 0.2) is 11.6 Å². The molecule has 1 aliphatic carbocycles. The Bertz CT molecular complexity index is 339. The van der Waals surface area contributed by atoms with Gasteiger partial charge in [0.1, 0.15) is 5.60 Å². The van der Waals surface area contributed by atoms with Gasteiger partial charge in [-0.25, -0.2) is 4.79 Å². The Morgan fingerprint density at radius 1 is 1.33 bits per heavy atom. The molecule has 0 bridgehead atoms. The molecule has 0 saturated heterocycles. The van der Waals surface area contributed by atoms with Crippen LogP contribution in [0, 0.1) is 0 Å². The number of amides is 1. The molecule has 102 valence electrons. The van der Waals surface area contributed by atoms with E-state index in [0.29, 0.717) is 13.0 Å². The lowest BCUT2D eigenvalue weighted by molar-refractivity contribution is -0.115. The zero-order chi connectivity index (χ0) is 13.6. The van der Waals surface area contributed by atoms with E-state index in [1.165, 1.54) is 6.42 Å². The fourth-order valence-corrected chi connectivity index (χ4v) is 1.84. The molecule has 0 aromatic carbocycles. The van der Waals surface area contributed by atoms with E-state index in [9.17, 15) is 9.59 Å². The standard InChI is InChI=1S/C14H23NO3/c1-14(2,3)18-13(17)15-10-9-12(16)11-7-5-4-6-8-11/h7H,4-6,8-10H2,1-3H3,(H,15,17). The molecule has 0 heterocycles. The van der Waals surface area contributed by atoms with E-state index in [1.807, 2.05) is 26.8 Å². The quantitative estimate of drug-likeness (QED) is 0.838. The summed E-state index contributed by atoms with van der Waals surface area (Å²) in [6.45, 7) is 5.77. The van der Waals surface area contributed by atoms with Crippen molar-refractivity contribution < 1.29 is 14.3 Å². The van der Waals surface area contributed by atoms with Crippen LogP contribution in [0.4, 0.5) is 4.79 Å². The number of hydrogen-bond acceptors (Lipinski definition) is 3. The van der Waals surface area contributed by atoms with E-state index in [4.69, 9.17) is 4.74 Å². The number of alkyl carbamates (subject to hydrolysis) is 1. The first kappa shape index (κ1) is 14.7. The second-order valence-electron chi connectivity index (χ2n) is 5.58. The summed E-state index contributed by atoms with van der Waals surface area (Å²) in [6.07, 6.45) is 6.06. The second-order valence-corrected chi connectivity index (χ2v) is 5.58. The average molecular weight is 253 g/mol. The van der Waals surface area contributed by atoms with Gasteiger partial charge < -0.3 is 10.1 Å². The van der Waals surface area contributed by atoms with Gasteiger partial charge in [-0.1, -0.05) is 6.08 Å². The average Bonchev–Trinajstić information content (AvgIpc) is 2.27. The Labute approximate surface area is 109 Å². The maximum Gasteiger partial charge on any atom is 0.407 e. The van der Waals surface area contributed by atoms with E-state index >= 15 is 0 Å². The lowest BCUT2D eigenvalue weighted by atomic mass is 9.95. The van der Waals surface area contributed by atoms with Gasteiger partial charge in [0.05, 0.1) is 0 Å². The van der Waals surface area contributed by atoms with Gasteiger partial charge in [-0.3, -0.25) is 4.79 Å². The molecule has 1 amide bonds. The van der Waals surface area contributed by atoms with Gasteiger partial charge in [0, 0.05) is 13.0 Å². The summed E-state index contributed by atoms with van der Waals surface area (Å²) in [7, 11) is 0. The van der Waals surface area contributed by atoms with Crippen LogP contribution in [0.25, 0.3) is 0 Å². The van der Waals surface area contributed by atoms with Gasteiger partial charge in [0.15, 0.2) is 5.78 Å². The maximum atomic E-state index is 11.8. The smallest absolute Gasteiger partial charge is 0.407 e. The van der Waals surface area contributed by atoms with Crippen molar-refractivity contribution >= 4 is 11.9 Å². The fraction of sp³-hybridized carbons (Fsp3) is 0.714. The van der Waals surface area contributed by atoms with E-state index in [2.05, 4.69) is 5.32 Å². The van der Waals surface area contributed by atoms with Gasteiger partial charge in [0.2, 0.25) is 0 Å². The third-order valence-corrected chi connectivity index (χ3v) is 2.67. The predicted octanol–water partition coefficient (Wildman–Crippen LogP) is 2.97. The number of carbonyl (C=O) groups excluding carboxylic acids is 2. The summed E-state index contributed by atoms with van der Waals surface area (Å²) in [6, 6.07) is 0. The van der Waals surface area contributed by atoms with E-state index < -0.39 is 11.7 Å². The summed E-state index contributed by atoms with van der Waals surface area (Å²) in [5, 5.41) is 2.60. The van der Waals surface area contributed by atoms with Crippen molar-refractivity contribution in [2.24, 2.45) is 0 Å². The van der Waals surface area contributed by atoms with Crippen molar-refractivity contribution in [1.29, 1.82) is 0 Å². The summed E-state index contributed by atoms with van der Waals surface area (Å²) >= 11 is 0. The fourth-order valence-electron chi connectivity index (χ4n) is 1.84. The third kappa shape index (κ3) is 5.84. The largest absolute Gasteiger partial charge is 0.444 e. The summed E-state index contributed by atoms with van der Waals surface area (Å²) in [5.74, 6) is 0.144. The van der Waals surface area contributed by atoms with Crippen LogP contribution in [0.3, 0.4) is 0 Å². The molecule has 0 atom stereocenters. The van der Waals surface area contributed by atoms with Crippen molar-refractivity contribution in [3.05, 3.63) is 11.6 Å². The zero-order valence-electron chi connectivity index (χ0n) is 11.5. The number of rotatable bonds is 4. The molecule has 18 heavy (non-hydrogen) atoms. The van der Waals surface area contributed by atoms with Crippen LogP contribution in [0.2, 0.25) is 0 Å².